The molecule has 0 saturated carbocycles. The van der Waals surface area contributed by atoms with Gasteiger partial charge in [-0.2, -0.15) is 0 Å². The Kier molecular flexibility index (Phi) is 5.09. The van der Waals surface area contributed by atoms with E-state index in [1.54, 1.807) is 0 Å². The zero-order chi connectivity index (χ0) is 17.6. The number of aromatic nitrogens is 2. The molecule has 0 saturated heterocycles. The SMILES string of the molecule is Cc1ccc(C)c(-c2nnc(NC(=O)CCOc3ccccc3)o2)c1. The molecule has 0 aliphatic heterocycles. The molecule has 3 aromatic rings. The molecular weight excluding hydrogens is 318 g/mol. The first-order valence-electron chi connectivity index (χ1n) is 8.00. The monoisotopic (exact) mass is 337 g/mol. The summed E-state index contributed by atoms with van der Waals surface area (Å²) in [5, 5.41) is 10.5. The molecule has 1 aromatic heterocycles. The predicted molar refractivity (Wildman–Crippen MR) is 94.4 cm³/mol. The highest BCUT2D eigenvalue weighted by Crippen LogP contribution is 2.24. The van der Waals surface area contributed by atoms with Crippen molar-refractivity contribution in [3.8, 4) is 17.2 Å². The molecule has 1 amide bonds. The predicted octanol–water partition coefficient (Wildman–Crippen LogP) is 3.76. The molecule has 2 aromatic carbocycles. The Morgan fingerprint density at radius 1 is 1.12 bits per heavy atom. The summed E-state index contributed by atoms with van der Waals surface area (Å²) in [4.78, 5) is 12.0. The van der Waals surface area contributed by atoms with Gasteiger partial charge in [-0.1, -0.05) is 41.0 Å². The van der Waals surface area contributed by atoms with Gasteiger partial charge in [0.1, 0.15) is 5.75 Å². The van der Waals surface area contributed by atoms with E-state index in [4.69, 9.17) is 9.15 Å². The molecule has 0 radical (unpaired) electrons. The molecule has 0 spiro atoms. The molecule has 0 aliphatic rings. The van der Waals surface area contributed by atoms with Crippen LogP contribution in [0.5, 0.6) is 5.75 Å². The van der Waals surface area contributed by atoms with Crippen molar-refractivity contribution in [2.45, 2.75) is 20.3 Å². The Morgan fingerprint density at radius 2 is 1.92 bits per heavy atom. The quantitative estimate of drug-likeness (QED) is 0.741. The fourth-order valence-electron chi connectivity index (χ4n) is 2.31. The smallest absolute Gasteiger partial charge is 0.322 e. The molecule has 1 N–H and O–H groups in total. The van der Waals surface area contributed by atoms with Gasteiger partial charge in [0, 0.05) is 5.56 Å². The minimum absolute atomic E-state index is 0.0839. The van der Waals surface area contributed by atoms with Gasteiger partial charge in [0.25, 0.3) is 0 Å². The topological polar surface area (TPSA) is 77.2 Å². The summed E-state index contributed by atoms with van der Waals surface area (Å²) in [6.07, 6.45) is 0.191. The summed E-state index contributed by atoms with van der Waals surface area (Å²) in [5.41, 5.74) is 2.99. The maximum atomic E-state index is 12.0. The van der Waals surface area contributed by atoms with Crippen molar-refractivity contribution in [3.05, 3.63) is 59.7 Å². The lowest BCUT2D eigenvalue weighted by Gasteiger charge is -2.05. The van der Waals surface area contributed by atoms with Gasteiger partial charge in [-0.05, 0) is 37.6 Å². The van der Waals surface area contributed by atoms with Crippen LogP contribution in [-0.2, 0) is 4.79 Å². The van der Waals surface area contributed by atoms with Gasteiger partial charge in [0.15, 0.2) is 0 Å². The van der Waals surface area contributed by atoms with E-state index in [9.17, 15) is 4.79 Å². The molecule has 0 aliphatic carbocycles. The Morgan fingerprint density at radius 3 is 2.72 bits per heavy atom. The van der Waals surface area contributed by atoms with Gasteiger partial charge in [-0.15, -0.1) is 5.10 Å². The van der Waals surface area contributed by atoms with Crippen LogP contribution in [0.2, 0.25) is 0 Å². The van der Waals surface area contributed by atoms with Crippen LogP contribution in [0.15, 0.2) is 52.9 Å². The largest absolute Gasteiger partial charge is 0.493 e. The summed E-state index contributed by atoms with van der Waals surface area (Å²) in [6.45, 7) is 4.24. The second-order valence-electron chi connectivity index (χ2n) is 5.69. The summed E-state index contributed by atoms with van der Waals surface area (Å²) in [7, 11) is 0. The van der Waals surface area contributed by atoms with Crippen molar-refractivity contribution in [2.24, 2.45) is 0 Å². The van der Waals surface area contributed by atoms with E-state index in [-0.39, 0.29) is 24.9 Å². The second-order valence-corrected chi connectivity index (χ2v) is 5.69. The third kappa shape index (κ3) is 4.44. The molecule has 128 valence electrons. The number of carbonyl (C=O) groups excluding carboxylic acids is 1. The summed E-state index contributed by atoms with van der Waals surface area (Å²) in [6, 6.07) is 15.4. The number of carbonyl (C=O) groups is 1. The first-order valence-corrected chi connectivity index (χ1v) is 8.00. The van der Waals surface area contributed by atoms with Crippen molar-refractivity contribution in [1.82, 2.24) is 10.2 Å². The van der Waals surface area contributed by atoms with Crippen LogP contribution in [0.1, 0.15) is 17.5 Å². The molecular formula is C19H19N3O3. The van der Waals surface area contributed by atoms with Crippen molar-refractivity contribution < 1.29 is 13.9 Å². The van der Waals surface area contributed by atoms with Crippen LogP contribution in [0.4, 0.5) is 6.01 Å². The lowest BCUT2D eigenvalue weighted by atomic mass is 10.1. The van der Waals surface area contributed by atoms with E-state index >= 15 is 0 Å². The number of benzene rings is 2. The number of nitrogens with one attached hydrogen (secondary N) is 1. The number of amides is 1. The number of anilines is 1. The lowest BCUT2D eigenvalue weighted by Crippen LogP contribution is -2.15. The van der Waals surface area contributed by atoms with Crippen molar-refractivity contribution in [2.75, 3.05) is 11.9 Å². The van der Waals surface area contributed by atoms with Gasteiger partial charge in [0.2, 0.25) is 11.8 Å². The van der Waals surface area contributed by atoms with E-state index in [0.29, 0.717) is 5.89 Å². The minimum Gasteiger partial charge on any atom is -0.493 e. The molecule has 0 atom stereocenters. The van der Waals surface area contributed by atoms with Crippen molar-refractivity contribution in [3.63, 3.8) is 0 Å². The second kappa shape index (κ2) is 7.61. The van der Waals surface area contributed by atoms with Crippen LogP contribution < -0.4 is 10.1 Å². The Labute approximate surface area is 145 Å². The minimum atomic E-state index is -0.243. The Hall–Kier alpha value is -3.15. The van der Waals surface area contributed by atoms with E-state index in [1.807, 2.05) is 62.4 Å². The van der Waals surface area contributed by atoms with Crippen molar-refractivity contribution in [1.29, 1.82) is 0 Å². The third-order valence-corrected chi connectivity index (χ3v) is 3.64. The third-order valence-electron chi connectivity index (χ3n) is 3.64. The number of hydrogen-bond acceptors (Lipinski definition) is 5. The van der Waals surface area contributed by atoms with E-state index in [0.717, 1.165) is 22.4 Å². The van der Waals surface area contributed by atoms with E-state index in [1.165, 1.54) is 0 Å². The summed E-state index contributed by atoms with van der Waals surface area (Å²) < 4.78 is 11.0. The summed E-state index contributed by atoms with van der Waals surface area (Å²) in [5.74, 6) is 0.870. The van der Waals surface area contributed by atoms with Crippen LogP contribution in [0.25, 0.3) is 11.5 Å². The molecule has 6 heteroatoms. The molecule has 1 heterocycles. The van der Waals surface area contributed by atoms with E-state index < -0.39 is 0 Å². The van der Waals surface area contributed by atoms with Crippen LogP contribution in [-0.4, -0.2) is 22.7 Å². The average molecular weight is 337 g/mol. The molecule has 0 unspecified atom stereocenters. The fraction of sp³-hybridized carbons (Fsp3) is 0.211. The number of para-hydroxylation sites is 1. The van der Waals surface area contributed by atoms with Crippen molar-refractivity contribution >= 4 is 11.9 Å². The average Bonchev–Trinajstić information content (AvgIpc) is 3.06. The zero-order valence-corrected chi connectivity index (χ0v) is 14.2. The highest BCUT2D eigenvalue weighted by Gasteiger charge is 2.13. The maximum Gasteiger partial charge on any atom is 0.322 e. The number of ether oxygens (including phenoxy) is 1. The summed E-state index contributed by atoms with van der Waals surface area (Å²) >= 11 is 0. The van der Waals surface area contributed by atoms with Crippen LogP contribution in [0, 0.1) is 13.8 Å². The van der Waals surface area contributed by atoms with E-state index in [2.05, 4.69) is 15.5 Å². The zero-order valence-electron chi connectivity index (χ0n) is 14.2. The number of hydrogen-bond donors (Lipinski definition) is 1. The van der Waals surface area contributed by atoms with Crippen LogP contribution >= 0.6 is 0 Å². The Bertz CT molecular complexity index is 859. The highest BCUT2D eigenvalue weighted by atomic mass is 16.5. The number of nitrogens with zero attached hydrogens (tertiary/aromatic N) is 2. The van der Waals surface area contributed by atoms with Gasteiger partial charge < -0.3 is 9.15 Å². The normalized spacial score (nSPS) is 10.5. The molecule has 3 rings (SSSR count). The van der Waals surface area contributed by atoms with Crippen LogP contribution in [0.3, 0.4) is 0 Å². The lowest BCUT2D eigenvalue weighted by molar-refractivity contribution is -0.116. The number of rotatable bonds is 6. The van der Waals surface area contributed by atoms with Gasteiger partial charge in [0.05, 0.1) is 13.0 Å². The molecule has 0 bridgehead atoms. The molecule has 0 fully saturated rings. The van der Waals surface area contributed by atoms with Gasteiger partial charge >= 0.3 is 6.01 Å². The first kappa shape index (κ1) is 16.7. The van der Waals surface area contributed by atoms with Gasteiger partial charge in [-0.3, -0.25) is 10.1 Å². The molecule has 6 nitrogen and oxygen atoms in total. The first-order chi connectivity index (χ1) is 12.1. The van der Waals surface area contributed by atoms with Gasteiger partial charge in [-0.25, -0.2) is 0 Å². The maximum absolute atomic E-state index is 12.0. The highest BCUT2D eigenvalue weighted by molar-refractivity contribution is 5.88. The fourth-order valence-corrected chi connectivity index (χ4v) is 2.31. The standard InChI is InChI=1S/C19H19N3O3/c1-13-8-9-14(2)16(12-13)18-21-22-19(25-18)20-17(23)10-11-24-15-6-4-3-5-7-15/h3-9,12H,10-11H2,1-2H3,(H,20,22,23). The number of aryl methyl sites for hydroxylation is 2. The molecule has 25 heavy (non-hydrogen) atoms. The Balaban J connectivity index is 1.56.